The molecule has 0 saturated carbocycles. The van der Waals surface area contributed by atoms with Crippen LogP contribution in [0.3, 0.4) is 0 Å². The number of halogens is 4. The summed E-state index contributed by atoms with van der Waals surface area (Å²) in [5.74, 6) is -0.894. The van der Waals surface area contributed by atoms with E-state index >= 15 is 0 Å². The summed E-state index contributed by atoms with van der Waals surface area (Å²) in [5, 5.41) is 9.27. The third-order valence-corrected chi connectivity index (χ3v) is 2.50. The van der Waals surface area contributed by atoms with Gasteiger partial charge in [-0.1, -0.05) is 0 Å². The van der Waals surface area contributed by atoms with Gasteiger partial charge in [0.1, 0.15) is 5.82 Å². The molecule has 0 aliphatic heterocycles. The lowest BCUT2D eigenvalue weighted by Gasteiger charge is -2.10. The van der Waals surface area contributed by atoms with Crippen LogP contribution in [-0.2, 0) is 19.3 Å². The highest BCUT2D eigenvalue weighted by Crippen LogP contribution is 2.30. The molecule has 2 N–H and O–H groups in total. The van der Waals surface area contributed by atoms with E-state index in [2.05, 4.69) is 15.5 Å². The standard InChI is InChI=1S/C12H11F4N3/c13-11-2-8(1-10(3-11)12(14,15)16)4-17-5-9-6-18-19-7-9/h1-3,6-7,17H,4-5H2,(H,18,19). The summed E-state index contributed by atoms with van der Waals surface area (Å²) in [5.41, 5.74) is 0.135. The topological polar surface area (TPSA) is 40.7 Å². The van der Waals surface area contributed by atoms with Crippen LogP contribution in [0.4, 0.5) is 17.6 Å². The summed E-state index contributed by atoms with van der Waals surface area (Å²) in [6, 6.07) is 2.50. The molecule has 102 valence electrons. The Kier molecular flexibility index (Phi) is 3.84. The van der Waals surface area contributed by atoms with Gasteiger partial charge in [0.15, 0.2) is 0 Å². The Balaban J connectivity index is 2.02. The van der Waals surface area contributed by atoms with Gasteiger partial charge in [-0.3, -0.25) is 5.10 Å². The van der Waals surface area contributed by atoms with E-state index in [9.17, 15) is 17.6 Å². The molecule has 1 aromatic carbocycles. The summed E-state index contributed by atoms with van der Waals surface area (Å²) < 4.78 is 50.6. The molecular formula is C12H11F4N3. The Morgan fingerprint density at radius 1 is 1.11 bits per heavy atom. The maximum atomic E-state index is 13.1. The number of nitrogens with zero attached hydrogens (tertiary/aromatic N) is 1. The van der Waals surface area contributed by atoms with Gasteiger partial charge in [0.25, 0.3) is 0 Å². The second-order valence-corrected chi connectivity index (χ2v) is 4.06. The first-order valence-electron chi connectivity index (χ1n) is 5.50. The number of hydrogen-bond acceptors (Lipinski definition) is 2. The predicted octanol–water partition coefficient (Wildman–Crippen LogP) is 2.86. The zero-order valence-electron chi connectivity index (χ0n) is 9.76. The number of H-pyrrole nitrogens is 1. The molecule has 0 aliphatic rings. The van der Waals surface area contributed by atoms with Crippen molar-refractivity contribution in [2.45, 2.75) is 19.3 Å². The van der Waals surface area contributed by atoms with Crippen molar-refractivity contribution in [2.24, 2.45) is 0 Å². The first kappa shape index (κ1) is 13.5. The Bertz CT molecular complexity index is 534. The van der Waals surface area contributed by atoms with Crippen molar-refractivity contribution < 1.29 is 17.6 Å². The second kappa shape index (κ2) is 5.40. The Labute approximate surface area is 106 Å². The van der Waals surface area contributed by atoms with Crippen LogP contribution in [0, 0.1) is 5.82 Å². The average Bonchev–Trinajstić information content (AvgIpc) is 2.80. The Hall–Kier alpha value is -1.89. The molecule has 0 aliphatic carbocycles. The fourth-order valence-corrected chi connectivity index (χ4v) is 1.64. The zero-order valence-corrected chi connectivity index (χ0v) is 9.76. The van der Waals surface area contributed by atoms with Crippen molar-refractivity contribution in [2.75, 3.05) is 0 Å². The molecule has 3 nitrogen and oxygen atoms in total. The highest BCUT2D eigenvalue weighted by Gasteiger charge is 2.31. The largest absolute Gasteiger partial charge is 0.416 e. The summed E-state index contributed by atoms with van der Waals surface area (Å²) in [4.78, 5) is 0. The van der Waals surface area contributed by atoms with Crippen molar-refractivity contribution in [3.8, 4) is 0 Å². The number of rotatable bonds is 4. The van der Waals surface area contributed by atoms with E-state index in [4.69, 9.17) is 0 Å². The van der Waals surface area contributed by atoms with E-state index in [1.54, 1.807) is 12.4 Å². The molecule has 0 atom stereocenters. The van der Waals surface area contributed by atoms with Gasteiger partial charge in [0.2, 0.25) is 0 Å². The summed E-state index contributed by atoms with van der Waals surface area (Å²) >= 11 is 0. The highest BCUT2D eigenvalue weighted by atomic mass is 19.4. The van der Waals surface area contributed by atoms with Crippen molar-refractivity contribution in [1.29, 1.82) is 0 Å². The van der Waals surface area contributed by atoms with Crippen molar-refractivity contribution in [3.05, 3.63) is 53.1 Å². The molecule has 1 heterocycles. The fraction of sp³-hybridized carbons (Fsp3) is 0.250. The van der Waals surface area contributed by atoms with Crippen LogP contribution in [0.25, 0.3) is 0 Å². The van der Waals surface area contributed by atoms with Gasteiger partial charge < -0.3 is 5.32 Å². The van der Waals surface area contributed by atoms with Gasteiger partial charge in [-0.25, -0.2) is 4.39 Å². The van der Waals surface area contributed by atoms with Gasteiger partial charge >= 0.3 is 6.18 Å². The number of aromatic nitrogens is 2. The van der Waals surface area contributed by atoms with Crippen LogP contribution in [0.15, 0.2) is 30.6 Å². The van der Waals surface area contributed by atoms with Gasteiger partial charge in [-0.2, -0.15) is 18.3 Å². The van der Waals surface area contributed by atoms with E-state index in [-0.39, 0.29) is 12.1 Å². The summed E-state index contributed by atoms with van der Waals surface area (Å²) in [6.45, 7) is 0.584. The second-order valence-electron chi connectivity index (χ2n) is 4.06. The number of aromatic amines is 1. The van der Waals surface area contributed by atoms with Crippen molar-refractivity contribution in [1.82, 2.24) is 15.5 Å². The smallest absolute Gasteiger partial charge is 0.309 e. The molecular weight excluding hydrogens is 262 g/mol. The van der Waals surface area contributed by atoms with Crippen LogP contribution < -0.4 is 5.32 Å². The normalized spacial score (nSPS) is 11.8. The fourth-order valence-electron chi connectivity index (χ4n) is 1.64. The van der Waals surface area contributed by atoms with Crippen LogP contribution in [0.5, 0.6) is 0 Å². The van der Waals surface area contributed by atoms with E-state index in [0.717, 1.165) is 17.7 Å². The monoisotopic (exact) mass is 273 g/mol. The minimum Gasteiger partial charge on any atom is -0.309 e. The van der Waals surface area contributed by atoms with Crippen molar-refractivity contribution in [3.63, 3.8) is 0 Å². The molecule has 0 spiro atoms. The molecule has 0 fully saturated rings. The van der Waals surface area contributed by atoms with Crippen LogP contribution in [0.2, 0.25) is 0 Å². The Morgan fingerprint density at radius 2 is 1.84 bits per heavy atom. The number of benzene rings is 1. The first-order valence-corrected chi connectivity index (χ1v) is 5.50. The van der Waals surface area contributed by atoms with Crippen molar-refractivity contribution >= 4 is 0 Å². The number of hydrogen-bond donors (Lipinski definition) is 2. The quantitative estimate of drug-likeness (QED) is 0.841. The minimum absolute atomic E-state index is 0.145. The lowest BCUT2D eigenvalue weighted by atomic mass is 10.1. The van der Waals surface area contributed by atoms with Crippen LogP contribution in [-0.4, -0.2) is 10.2 Å². The van der Waals surface area contributed by atoms with E-state index in [1.165, 1.54) is 0 Å². The van der Waals surface area contributed by atoms with Gasteiger partial charge in [0.05, 0.1) is 11.8 Å². The van der Waals surface area contributed by atoms with Crippen LogP contribution >= 0.6 is 0 Å². The molecule has 0 amide bonds. The lowest BCUT2D eigenvalue weighted by Crippen LogP contribution is -2.14. The molecule has 0 unspecified atom stereocenters. The third kappa shape index (κ3) is 3.78. The summed E-state index contributed by atoms with van der Waals surface area (Å²) in [6.07, 6.45) is -1.28. The average molecular weight is 273 g/mol. The van der Waals surface area contributed by atoms with E-state index in [1.807, 2.05) is 0 Å². The number of nitrogens with one attached hydrogen (secondary N) is 2. The predicted molar refractivity (Wildman–Crippen MR) is 60.5 cm³/mol. The SMILES string of the molecule is Fc1cc(CNCc2cn[nH]c2)cc(C(F)(F)F)c1. The van der Waals surface area contributed by atoms with Gasteiger partial charge in [-0.15, -0.1) is 0 Å². The first-order chi connectivity index (χ1) is 8.95. The maximum absolute atomic E-state index is 13.1. The third-order valence-electron chi connectivity index (χ3n) is 2.50. The lowest BCUT2D eigenvalue weighted by molar-refractivity contribution is -0.137. The molecule has 0 radical (unpaired) electrons. The summed E-state index contributed by atoms with van der Waals surface area (Å²) in [7, 11) is 0. The molecule has 0 saturated heterocycles. The maximum Gasteiger partial charge on any atom is 0.416 e. The number of alkyl halides is 3. The molecule has 0 bridgehead atoms. The molecule has 1 aromatic heterocycles. The highest BCUT2D eigenvalue weighted by molar-refractivity contribution is 5.26. The van der Waals surface area contributed by atoms with Gasteiger partial charge in [-0.05, 0) is 23.8 Å². The van der Waals surface area contributed by atoms with E-state index < -0.39 is 17.6 Å². The molecule has 19 heavy (non-hydrogen) atoms. The van der Waals surface area contributed by atoms with E-state index in [0.29, 0.717) is 12.6 Å². The molecule has 2 aromatic rings. The van der Waals surface area contributed by atoms with Crippen LogP contribution in [0.1, 0.15) is 16.7 Å². The molecule has 7 heteroatoms. The Morgan fingerprint density at radius 3 is 2.47 bits per heavy atom. The van der Waals surface area contributed by atoms with Gasteiger partial charge in [0, 0.05) is 24.8 Å². The zero-order chi connectivity index (χ0) is 13.9. The molecule has 2 rings (SSSR count). The minimum atomic E-state index is -4.54.